The number of nitrogens with zero attached hydrogens (tertiary/aromatic N) is 3. The zero-order valence-electron chi connectivity index (χ0n) is 11.3. The normalized spacial score (nSPS) is 33.8. The summed E-state index contributed by atoms with van der Waals surface area (Å²) in [6, 6.07) is 5.43. The van der Waals surface area contributed by atoms with Gasteiger partial charge in [-0.05, 0) is 25.5 Å². The maximum atomic E-state index is 9.77. The van der Waals surface area contributed by atoms with Crippen LogP contribution >= 0.6 is 0 Å². The maximum Gasteiger partial charge on any atom is 0.0682 e. The monoisotopic (exact) mass is 249 g/mol. The van der Waals surface area contributed by atoms with Gasteiger partial charge in [-0.25, -0.2) is 0 Å². The zero-order valence-corrected chi connectivity index (χ0v) is 11.3. The van der Waals surface area contributed by atoms with Crippen molar-refractivity contribution >= 4 is 0 Å². The minimum absolute atomic E-state index is 0.114. The van der Waals surface area contributed by atoms with E-state index in [1.807, 2.05) is 0 Å². The highest BCUT2D eigenvalue weighted by atomic mass is 16.3. The fourth-order valence-electron chi connectivity index (χ4n) is 3.37. The molecule has 0 unspecified atom stereocenters. The van der Waals surface area contributed by atoms with Crippen LogP contribution in [0.1, 0.15) is 19.0 Å². The van der Waals surface area contributed by atoms with Crippen LogP contribution in [-0.2, 0) is 13.6 Å². The van der Waals surface area contributed by atoms with Crippen molar-refractivity contribution in [2.75, 3.05) is 19.6 Å². The quantitative estimate of drug-likeness (QED) is 0.836. The number of fused-ring (bicyclic) bond motifs is 1. The maximum absolute atomic E-state index is 9.77. The van der Waals surface area contributed by atoms with E-state index in [0.717, 1.165) is 32.6 Å². The molecule has 3 heterocycles. The molecule has 0 radical (unpaired) electrons. The molecule has 2 saturated heterocycles. The van der Waals surface area contributed by atoms with Gasteiger partial charge in [0.2, 0.25) is 0 Å². The van der Waals surface area contributed by atoms with E-state index in [2.05, 4.69) is 46.7 Å². The average Bonchev–Trinajstić information content (AvgIpc) is 2.85. The summed E-state index contributed by atoms with van der Waals surface area (Å²) in [5.41, 5.74) is 1.37. The smallest absolute Gasteiger partial charge is 0.0682 e. The van der Waals surface area contributed by atoms with Gasteiger partial charge in [0.1, 0.15) is 0 Å². The summed E-state index contributed by atoms with van der Waals surface area (Å²) in [5, 5.41) is 9.77. The van der Waals surface area contributed by atoms with Crippen molar-refractivity contribution in [3.8, 4) is 0 Å². The summed E-state index contributed by atoms with van der Waals surface area (Å²) < 4.78 is 2.20. The standard InChI is InChI=1S/C14H23N3O/c1-11-7-17-10-14(18)6-13(17)9-16(11)8-12-4-3-5-15(12)2/h3-5,11,13-14,18H,6-10H2,1-2H3/t11-,13-,14-/m1/s1. The van der Waals surface area contributed by atoms with E-state index < -0.39 is 0 Å². The molecule has 0 aromatic carbocycles. The number of hydrogen-bond donors (Lipinski definition) is 1. The number of aryl methyl sites for hydroxylation is 1. The molecule has 4 nitrogen and oxygen atoms in total. The van der Waals surface area contributed by atoms with E-state index in [9.17, 15) is 5.11 Å². The first-order valence-corrected chi connectivity index (χ1v) is 6.90. The Hall–Kier alpha value is -0.840. The van der Waals surface area contributed by atoms with Crippen LogP contribution in [0.4, 0.5) is 0 Å². The van der Waals surface area contributed by atoms with E-state index in [1.165, 1.54) is 5.69 Å². The third-order valence-corrected chi connectivity index (χ3v) is 4.49. The van der Waals surface area contributed by atoms with Gasteiger partial charge in [-0.3, -0.25) is 9.80 Å². The number of rotatable bonds is 2. The van der Waals surface area contributed by atoms with Crippen molar-refractivity contribution in [2.45, 2.75) is 38.1 Å². The lowest BCUT2D eigenvalue weighted by molar-refractivity contribution is 0.0515. The number of aliphatic hydroxyl groups is 1. The van der Waals surface area contributed by atoms with Crippen molar-refractivity contribution < 1.29 is 5.11 Å². The number of hydrogen-bond acceptors (Lipinski definition) is 3. The Morgan fingerprint density at radius 2 is 2.17 bits per heavy atom. The second kappa shape index (κ2) is 4.68. The highest BCUT2D eigenvalue weighted by Crippen LogP contribution is 2.26. The molecule has 2 aliphatic heterocycles. The molecule has 2 fully saturated rings. The Kier molecular flexibility index (Phi) is 3.18. The van der Waals surface area contributed by atoms with Crippen LogP contribution in [0.25, 0.3) is 0 Å². The summed E-state index contributed by atoms with van der Waals surface area (Å²) >= 11 is 0. The third kappa shape index (κ3) is 2.20. The number of aromatic nitrogens is 1. The van der Waals surface area contributed by atoms with Gasteiger partial charge in [-0.2, -0.15) is 0 Å². The molecule has 0 spiro atoms. The Bertz CT molecular complexity index is 417. The summed E-state index contributed by atoms with van der Waals surface area (Å²) in [4.78, 5) is 5.01. The Balaban J connectivity index is 1.68. The summed E-state index contributed by atoms with van der Waals surface area (Å²) in [5.74, 6) is 0. The van der Waals surface area contributed by atoms with Gasteiger partial charge in [0.05, 0.1) is 6.10 Å². The van der Waals surface area contributed by atoms with Gasteiger partial charge in [-0.1, -0.05) is 0 Å². The van der Waals surface area contributed by atoms with Crippen molar-refractivity contribution in [2.24, 2.45) is 7.05 Å². The molecule has 0 bridgehead atoms. The number of piperazine rings is 1. The molecular weight excluding hydrogens is 226 g/mol. The number of aliphatic hydroxyl groups excluding tert-OH is 1. The second-order valence-corrected chi connectivity index (χ2v) is 5.89. The van der Waals surface area contributed by atoms with Gasteiger partial charge >= 0.3 is 0 Å². The molecule has 100 valence electrons. The van der Waals surface area contributed by atoms with Crippen LogP contribution in [-0.4, -0.2) is 57.3 Å². The molecular formula is C14H23N3O. The van der Waals surface area contributed by atoms with Gasteiger partial charge in [0, 0.05) is 57.2 Å². The van der Waals surface area contributed by atoms with E-state index >= 15 is 0 Å². The van der Waals surface area contributed by atoms with Crippen LogP contribution in [0, 0.1) is 0 Å². The lowest BCUT2D eigenvalue weighted by Crippen LogP contribution is -2.54. The molecule has 1 aromatic heterocycles. The van der Waals surface area contributed by atoms with Crippen molar-refractivity contribution in [1.29, 1.82) is 0 Å². The van der Waals surface area contributed by atoms with Crippen LogP contribution in [0.3, 0.4) is 0 Å². The first-order chi connectivity index (χ1) is 8.63. The lowest BCUT2D eigenvalue weighted by atomic mass is 10.1. The van der Waals surface area contributed by atoms with Gasteiger partial charge in [-0.15, -0.1) is 0 Å². The predicted octanol–water partition coefficient (Wildman–Crippen LogP) is 0.664. The van der Waals surface area contributed by atoms with Crippen LogP contribution in [0.2, 0.25) is 0 Å². The highest BCUT2D eigenvalue weighted by molar-refractivity contribution is 5.07. The highest BCUT2D eigenvalue weighted by Gasteiger charge is 2.38. The third-order valence-electron chi connectivity index (χ3n) is 4.49. The molecule has 18 heavy (non-hydrogen) atoms. The summed E-state index contributed by atoms with van der Waals surface area (Å²) in [7, 11) is 2.11. The second-order valence-electron chi connectivity index (χ2n) is 5.89. The minimum Gasteiger partial charge on any atom is -0.392 e. The zero-order chi connectivity index (χ0) is 12.7. The Morgan fingerprint density at radius 1 is 1.33 bits per heavy atom. The first-order valence-electron chi connectivity index (χ1n) is 6.90. The Morgan fingerprint density at radius 3 is 2.89 bits per heavy atom. The largest absolute Gasteiger partial charge is 0.392 e. The molecule has 0 saturated carbocycles. The van der Waals surface area contributed by atoms with Crippen molar-refractivity contribution in [3.63, 3.8) is 0 Å². The molecule has 0 amide bonds. The van der Waals surface area contributed by atoms with E-state index in [1.54, 1.807) is 0 Å². The average molecular weight is 249 g/mol. The van der Waals surface area contributed by atoms with Gasteiger partial charge in [0.15, 0.2) is 0 Å². The van der Waals surface area contributed by atoms with Crippen LogP contribution in [0.15, 0.2) is 18.3 Å². The molecule has 1 aromatic rings. The van der Waals surface area contributed by atoms with Gasteiger partial charge < -0.3 is 9.67 Å². The van der Waals surface area contributed by atoms with Crippen LogP contribution < -0.4 is 0 Å². The SMILES string of the molecule is C[C@@H]1CN2C[C@H](O)C[C@@H]2CN1Cc1cccn1C. The van der Waals surface area contributed by atoms with Crippen molar-refractivity contribution in [1.82, 2.24) is 14.4 Å². The fourth-order valence-corrected chi connectivity index (χ4v) is 3.37. The molecule has 2 aliphatic rings. The van der Waals surface area contributed by atoms with Crippen LogP contribution in [0.5, 0.6) is 0 Å². The van der Waals surface area contributed by atoms with E-state index in [-0.39, 0.29) is 6.10 Å². The summed E-state index contributed by atoms with van der Waals surface area (Å²) in [6.45, 7) is 6.36. The van der Waals surface area contributed by atoms with Gasteiger partial charge in [0.25, 0.3) is 0 Å². The predicted molar refractivity (Wildman–Crippen MR) is 71.3 cm³/mol. The van der Waals surface area contributed by atoms with E-state index in [0.29, 0.717) is 12.1 Å². The minimum atomic E-state index is -0.114. The summed E-state index contributed by atoms with van der Waals surface area (Å²) in [6.07, 6.45) is 2.93. The van der Waals surface area contributed by atoms with E-state index in [4.69, 9.17) is 0 Å². The van der Waals surface area contributed by atoms with Crippen molar-refractivity contribution in [3.05, 3.63) is 24.0 Å². The first kappa shape index (κ1) is 12.2. The lowest BCUT2D eigenvalue weighted by Gasteiger charge is -2.42. The Labute approximate surface area is 109 Å². The molecule has 3 atom stereocenters. The molecule has 4 heteroatoms. The molecule has 1 N–H and O–H groups in total. The molecule has 3 rings (SSSR count). The fraction of sp³-hybridized carbons (Fsp3) is 0.714. The molecule has 0 aliphatic carbocycles. The topological polar surface area (TPSA) is 31.6 Å².